The average Bonchev–Trinajstić information content (AvgIpc) is 2.97. The number of hydrogen-bond donors (Lipinski definition) is 1. The first kappa shape index (κ1) is 30.9. The molecule has 0 radical (unpaired) electrons. The molecule has 4 rings (SSSR count). The molecule has 0 unspecified atom stereocenters. The van der Waals surface area contributed by atoms with Crippen molar-refractivity contribution in [1.29, 1.82) is 0 Å². The van der Waals surface area contributed by atoms with Crippen LogP contribution in [0.1, 0.15) is 22.3 Å². The minimum absolute atomic E-state index is 0.00497. The summed E-state index contributed by atoms with van der Waals surface area (Å²) >= 11 is 12.2. The first-order valence-corrected chi connectivity index (χ1v) is 15.0. The van der Waals surface area contributed by atoms with Gasteiger partial charge >= 0.3 is 0 Å². The predicted molar refractivity (Wildman–Crippen MR) is 166 cm³/mol. The smallest absolute Gasteiger partial charge is 0.264 e. The van der Waals surface area contributed by atoms with E-state index < -0.39 is 22.5 Å². The van der Waals surface area contributed by atoms with Crippen LogP contribution in [0.4, 0.5) is 5.69 Å². The Morgan fingerprint density at radius 2 is 1.67 bits per heavy atom. The molecule has 0 aromatic heterocycles. The van der Waals surface area contributed by atoms with Crippen molar-refractivity contribution in [2.75, 3.05) is 18.0 Å². The lowest BCUT2D eigenvalue weighted by Crippen LogP contribution is -2.39. The zero-order valence-electron chi connectivity index (χ0n) is 23.2. The number of carbonyl (C=O) groups excluding carboxylic acids is 1. The third-order valence-electron chi connectivity index (χ3n) is 6.40. The number of methoxy groups -OCH3 is 1. The molecular formula is C31H29Cl2N3O5S. The van der Waals surface area contributed by atoms with Gasteiger partial charge in [0, 0.05) is 15.6 Å². The lowest BCUT2D eigenvalue weighted by atomic mass is 10.1. The SMILES string of the molecule is COc1cc(/C=N\NC(=O)CN(c2ccc(C)c(C)c2)S(=O)(=O)c2ccc(Cl)cc2)ccc1OCc1ccccc1Cl. The molecule has 0 atom stereocenters. The van der Waals surface area contributed by atoms with E-state index in [-0.39, 0.29) is 11.5 Å². The minimum Gasteiger partial charge on any atom is -0.493 e. The molecule has 0 spiro atoms. The molecule has 0 aliphatic heterocycles. The Kier molecular flexibility index (Phi) is 10.1. The molecule has 218 valence electrons. The Morgan fingerprint density at radius 3 is 2.36 bits per heavy atom. The van der Waals surface area contributed by atoms with Crippen molar-refractivity contribution in [3.8, 4) is 11.5 Å². The molecule has 0 saturated carbocycles. The van der Waals surface area contributed by atoms with Crippen LogP contribution in [0, 0.1) is 13.8 Å². The van der Waals surface area contributed by atoms with Crippen LogP contribution < -0.4 is 19.2 Å². The molecular weight excluding hydrogens is 597 g/mol. The maximum atomic E-state index is 13.6. The normalized spacial score (nSPS) is 11.4. The zero-order chi connectivity index (χ0) is 30.3. The van der Waals surface area contributed by atoms with Gasteiger partial charge in [-0.25, -0.2) is 13.8 Å². The fourth-order valence-corrected chi connectivity index (χ4v) is 5.66. The number of ether oxygens (including phenoxy) is 2. The Balaban J connectivity index is 1.48. The second-order valence-electron chi connectivity index (χ2n) is 9.32. The van der Waals surface area contributed by atoms with Crippen molar-refractivity contribution in [1.82, 2.24) is 5.43 Å². The fourth-order valence-electron chi connectivity index (χ4n) is 3.93. The molecule has 11 heteroatoms. The summed E-state index contributed by atoms with van der Waals surface area (Å²) in [6.45, 7) is 3.56. The summed E-state index contributed by atoms with van der Waals surface area (Å²) in [5.74, 6) is 0.344. The number of carbonyl (C=O) groups is 1. The summed E-state index contributed by atoms with van der Waals surface area (Å²) in [5.41, 5.74) is 6.10. The number of amides is 1. The second-order valence-corrected chi connectivity index (χ2v) is 12.0. The van der Waals surface area contributed by atoms with Gasteiger partial charge in [-0.05, 0) is 91.2 Å². The molecule has 0 aliphatic rings. The van der Waals surface area contributed by atoms with Crippen molar-refractivity contribution in [3.05, 3.63) is 117 Å². The van der Waals surface area contributed by atoms with Crippen LogP contribution in [-0.2, 0) is 21.4 Å². The average molecular weight is 627 g/mol. The van der Waals surface area contributed by atoms with Crippen LogP contribution in [0.25, 0.3) is 0 Å². The quantitative estimate of drug-likeness (QED) is 0.151. The van der Waals surface area contributed by atoms with Crippen LogP contribution in [-0.4, -0.2) is 34.2 Å². The molecule has 42 heavy (non-hydrogen) atoms. The van der Waals surface area contributed by atoms with Crippen molar-refractivity contribution >= 4 is 51.0 Å². The Labute approximate surface area is 255 Å². The number of rotatable bonds is 11. The van der Waals surface area contributed by atoms with Crippen molar-refractivity contribution in [2.45, 2.75) is 25.3 Å². The van der Waals surface area contributed by atoms with Gasteiger partial charge in [-0.3, -0.25) is 9.10 Å². The number of sulfonamides is 1. The standard InChI is InChI=1S/C31H29Cl2N3O5S/c1-21-8-12-26(16-22(21)2)36(42(38,39)27-13-10-25(32)11-14-27)19-31(37)35-34-18-23-9-15-29(30(17-23)40-3)41-20-24-6-4-5-7-28(24)33/h4-18H,19-20H2,1-3H3,(H,35,37)/b34-18-. The Hall–Kier alpha value is -4.05. The van der Waals surface area contributed by atoms with Gasteiger partial charge in [-0.1, -0.05) is 47.5 Å². The van der Waals surface area contributed by atoms with Crippen LogP contribution in [0.2, 0.25) is 10.0 Å². The van der Waals surface area contributed by atoms with Gasteiger partial charge in [0.15, 0.2) is 11.5 Å². The van der Waals surface area contributed by atoms with Crippen LogP contribution in [0.5, 0.6) is 11.5 Å². The van der Waals surface area contributed by atoms with Gasteiger partial charge in [-0.2, -0.15) is 5.10 Å². The molecule has 0 bridgehead atoms. The van der Waals surface area contributed by atoms with E-state index >= 15 is 0 Å². The maximum absolute atomic E-state index is 13.6. The highest BCUT2D eigenvalue weighted by molar-refractivity contribution is 7.92. The van der Waals surface area contributed by atoms with Gasteiger partial charge in [0.2, 0.25) is 0 Å². The largest absolute Gasteiger partial charge is 0.493 e. The summed E-state index contributed by atoms with van der Waals surface area (Å²) in [7, 11) is -2.57. The highest BCUT2D eigenvalue weighted by atomic mass is 35.5. The van der Waals surface area contributed by atoms with E-state index in [9.17, 15) is 13.2 Å². The summed E-state index contributed by atoms with van der Waals surface area (Å²) in [6.07, 6.45) is 1.42. The number of anilines is 1. The number of nitrogens with zero attached hydrogens (tertiary/aromatic N) is 2. The van der Waals surface area contributed by atoms with Crippen molar-refractivity contribution in [2.24, 2.45) is 5.10 Å². The van der Waals surface area contributed by atoms with E-state index in [1.807, 2.05) is 32.0 Å². The number of nitrogens with one attached hydrogen (secondary N) is 1. The first-order valence-electron chi connectivity index (χ1n) is 12.8. The fraction of sp³-hybridized carbons (Fsp3) is 0.161. The van der Waals surface area contributed by atoms with Crippen molar-refractivity contribution < 1.29 is 22.7 Å². The summed E-state index contributed by atoms with van der Waals surface area (Å²) in [4.78, 5) is 12.9. The third kappa shape index (κ3) is 7.61. The highest BCUT2D eigenvalue weighted by Gasteiger charge is 2.27. The van der Waals surface area contributed by atoms with E-state index in [4.69, 9.17) is 32.7 Å². The monoisotopic (exact) mass is 625 g/mol. The summed E-state index contributed by atoms with van der Waals surface area (Å²) < 4.78 is 39.5. The second kappa shape index (κ2) is 13.7. The predicted octanol–water partition coefficient (Wildman–Crippen LogP) is 6.54. The number of halogens is 2. The molecule has 0 fully saturated rings. The van der Waals surface area contributed by atoms with E-state index in [2.05, 4.69) is 10.5 Å². The molecule has 0 heterocycles. The number of aryl methyl sites for hydroxylation is 2. The van der Waals surface area contributed by atoms with Gasteiger partial charge < -0.3 is 9.47 Å². The zero-order valence-corrected chi connectivity index (χ0v) is 25.5. The highest BCUT2D eigenvalue weighted by Crippen LogP contribution is 2.29. The molecule has 8 nitrogen and oxygen atoms in total. The van der Waals surface area contributed by atoms with Crippen molar-refractivity contribution in [3.63, 3.8) is 0 Å². The molecule has 1 N–H and O–H groups in total. The molecule has 1 amide bonds. The van der Waals surface area contributed by atoms with Gasteiger partial charge in [0.25, 0.3) is 15.9 Å². The van der Waals surface area contributed by atoms with Gasteiger partial charge in [-0.15, -0.1) is 0 Å². The lowest BCUT2D eigenvalue weighted by molar-refractivity contribution is -0.119. The van der Waals surface area contributed by atoms with E-state index in [0.717, 1.165) is 21.0 Å². The maximum Gasteiger partial charge on any atom is 0.264 e. The number of benzene rings is 4. The van der Waals surface area contributed by atoms with Crippen LogP contribution in [0.15, 0.2) is 94.9 Å². The molecule has 4 aromatic rings. The van der Waals surface area contributed by atoms with E-state index in [1.165, 1.54) is 37.6 Å². The lowest BCUT2D eigenvalue weighted by Gasteiger charge is -2.24. The summed E-state index contributed by atoms with van der Waals surface area (Å²) in [5, 5.41) is 5.02. The molecule has 0 saturated heterocycles. The van der Waals surface area contributed by atoms with Gasteiger partial charge in [0.05, 0.1) is 23.9 Å². The topological polar surface area (TPSA) is 97.3 Å². The minimum atomic E-state index is -4.09. The first-order chi connectivity index (χ1) is 20.1. The van der Waals surface area contributed by atoms with E-state index in [0.29, 0.717) is 32.8 Å². The summed E-state index contributed by atoms with van der Waals surface area (Å²) in [6, 6.07) is 23.5. The number of hydrogen-bond acceptors (Lipinski definition) is 6. The number of hydrazone groups is 1. The Bertz CT molecular complexity index is 1710. The van der Waals surface area contributed by atoms with Crippen LogP contribution >= 0.6 is 23.2 Å². The third-order valence-corrected chi connectivity index (χ3v) is 8.81. The Morgan fingerprint density at radius 1 is 0.929 bits per heavy atom. The van der Waals surface area contributed by atoms with Gasteiger partial charge in [0.1, 0.15) is 13.2 Å². The molecule has 0 aliphatic carbocycles. The van der Waals surface area contributed by atoms with Crippen LogP contribution in [0.3, 0.4) is 0 Å². The molecule has 4 aromatic carbocycles. The van der Waals surface area contributed by atoms with E-state index in [1.54, 1.807) is 42.5 Å².